The summed E-state index contributed by atoms with van der Waals surface area (Å²) in [5.41, 5.74) is 2.08. The molecule has 12 heavy (non-hydrogen) atoms. The van der Waals surface area contributed by atoms with E-state index in [4.69, 9.17) is 0 Å². The minimum absolute atomic E-state index is 0.427. The Kier molecular flexibility index (Phi) is 5.02. The summed E-state index contributed by atoms with van der Waals surface area (Å²) in [6.07, 6.45) is 5.38. The topological polar surface area (TPSA) is 12.4 Å². The first-order chi connectivity index (χ1) is 5.61. The molecule has 0 saturated heterocycles. The van der Waals surface area contributed by atoms with Crippen LogP contribution in [-0.4, -0.2) is 5.71 Å². The Labute approximate surface area is 75.2 Å². The lowest BCUT2D eigenvalue weighted by atomic mass is 10.1. The molecule has 0 aromatic rings. The van der Waals surface area contributed by atoms with Crippen LogP contribution in [0.1, 0.15) is 20.8 Å². The quantitative estimate of drug-likeness (QED) is 0.445. The summed E-state index contributed by atoms with van der Waals surface area (Å²) in [4.78, 5) is 4.28. The van der Waals surface area contributed by atoms with Crippen molar-refractivity contribution in [3.05, 3.63) is 37.1 Å². The van der Waals surface area contributed by atoms with Crippen molar-refractivity contribution >= 4 is 5.71 Å². The van der Waals surface area contributed by atoms with Crippen molar-refractivity contribution in [2.45, 2.75) is 20.8 Å². The molecule has 0 N–H and O–H groups in total. The zero-order valence-electron chi connectivity index (χ0n) is 8.17. The Morgan fingerprint density at radius 1 is 1.25 bits per heavy atom. The predicted octanol–water partition coefficient (Wildman–Crippen LogP) is 3.36. The molecule has 0 aliphatic rings. The van der Waals surface area contributed by atoms with Gasteiger partial charge in [-0.3, -0.25) is 4.99 Å². The summed E-state index contributed by atoms with van der Waals surface area (Å²) in [5, 5.41) is 0. The van der Waals surface area contributed by atoms with Gasteiger partial charge in [0, 0.05) is 11.9 Å². The van der Waals surface area contributed by atoms with Crippen LogP contribution in [0.3, 0.4) is 0 Å². The molecule has 0 radical (unpaired) electrons. The van der Waals surface area contributed by atoms with E-state index < -0.39 is 0 Å². The zero-order chi connectivity index (χ0) is 9.56. The van der Waals surface area contributed by atoms with Gasteiger partial charge in [0.2, 0.25) is 0 Å². The number of nitrogens with zero attached hydrogens (tertiary/aromatic N) is 1. The second kappa shape index (κ2) is 5.53. The fraction of sp³-hybridized carbons (Fsp3) is 0.364. The number of aliphatic imine (C=N–C) groups is 1. The van der Waals surface area contributed by atoms with Crippen molar-refractivity contribution in [3.8, 4) is 0 Å². The standard InChI is InChI=1S/C11H17N/c1-6-10(5)8-12-11(7-2)9(3)4/h6-9H,1-2H2,3-5H3/b10-8-,12-11?. The molecule has 0 spiro atoms. The lowest BCUT2D eigenvalue weighted by Crippen LogP contribution is -2.02. The highest BCUT2D eigenvalue weighted by Gasteiger charge is 1.97. The van der Waals surface area contributed by atoms with E-state index in [9.17, 15) is 0 Å². The number of hydrogen-bond acceptors (Lipinski definition) is 1. The molecule has 0 rings (SSSR count). The smallest absolute Gasteiger partial charge is 0.0423 e. The maximum atomic E-state index is 4.28. The molecule has 0 atom stereocenters. The Morgan fingerprint density at radius 2 is 1.83 bits per heavy atom. The summed E-state index contributed by atoms with van der Waals surface area (Å²) < 4.78 is 0. The van der Waals surface area contributed by atoms with E-state index in [2.05, 4.69) is 32.0 Å². The van der Waals surface area contributed by atoms with Crippen LogP contribution in [0.2, 0.25) is 0 Å². The van der Waals surface area contributed by atoms with Gasteiger partial charge < -0.3 is 0 Å². The summed E-state index contributed by atoms with van der Waals surface area (Å²) in [7, 11) is 0. The van der Waals surface area contributed by atoms with Crippen molar-refractivity contribution < 1.29 is 0 Å². The molecule has 0 aromatic carbocycles. The van der Waals surface area contributed by atoms with Gasteiger partial charge >= 0.3 is 0 Å². The van der Waals surface area contributed by atoms with Crippen molar-refractivity contribution in [2.75, 3.05) is 0 Å². The zero-order valence-corrected chi connectivity index (χ0v) is 8.17. The number of hydrogen-bond donors (Lipinski definition) is 0. The molecule has 0 aromatic heterocycles. The average Bonchev–Trinajstić information content (AvgIpc) is 2.04. The summed E-state index contributed by atoms with van der Waals surface area (Å²) in [6, 6.07) is 0. The molecule has 0 aliphatic heterocycles. The molecular formula is C11H17N. The van der Waals surface area contributed by atoms with E-state index in [1.165, 1.54) is 0 Å². The lowest BCUT2D eigenvalue weighted by molar-refractivity contribution is 0.889. The fourth-order valence-corrected chi connectivity index (χ4v) is 0.667. The van der Waals surface area contributed by atoms with Crippen molar-refractivity contribution in [1.82, 2.24) is 0 Å². The molecular weight excluding hydrogens is 146 g/mol. The van der Waals surface area contributed by atoms with E-state index in [0.717, 1.165) is 11.3 Å². The van der Waals surface area contributed by atoms with Gasteiger partial charge in [-0.1, -0.05) is 33.1 Å². The van der Waals surface area contributed by atoms with Crippen molar-refractivity contribution in [3.63, 3.8) is 0 Å². The van der Waals surface area contributed by atoms with Crippen LogP contribution in [0.5, 0.6) is 0 Å². The van der Waals surface area contributed by atoms with Crippen LogP contribution in [-0.2, 0) is 0 Å². The highest BCUT2D eigenvalue weighted by atomic mass is 14.7. The third-order valence-corrected chi connectivity index (χ3v) is 1.54. The molecule has 0 amide bonds. The second-order valence-corrected chi connectivity index (χ2v) is 2.99. The van der Waals surface area contributed by atoms with E-state index in [0.29, 0.717) is 5.92 Å². The minimum Gasteiger partial charge on any atom is -0.261 e. The molecule has 0 saturated carbocycles. The normalized spacial score (nSPS) is 13.3. The molecule has 0 unspecified atom stereocenters. The Bertz CT molecular complexity index is 219. The predicted molar refractivity (Wildman–Crippen MR) is 56.4 cm³/mol. The Hall–Kier alpha value is -1.11. The second-order valence-electron chi connectivity index (χ2n) is 2.99. The van der Waals surface area contributed by atoms with Gasteiger partial charge in [-0.25, -0.2) is 0 Å². The molecule has 1 nitrogen and oxygen atoms in total. The molecule has 1 heteroatoms. The van der Waals surface area contributed by atoms with E-state index >= 15 is 0 Å². The first-order valence-electron chi connectivity index (χ1n) is 4.11. The van der Waals surface area contributed by atoms with E-state index in [1.807, 2.05) is 13.1 Å². The molecule has 0 heterocycles. The molecule has 0 bridgehead atoms. The Balaban J connectivity index is 4.50. The summed E-state index contributed by atoms with van der Waals surface area (Å²) >= 11 is 0. The maximum absolute atomic E-state index is 4.28. The van der Waals surface area contributed by atoms with Crippen LogP contribution in [0, 0.1) is 5.92 Å². The highest BCUT2D eigenvalue weighted by molar-refractivity contribution is 5.96. The van der Waals surface area contributed by atoms with Crippen LogP contribution in [0.4, 0.5) is 0 Å². The SMILES string of the molecule is C=CC(=N/C=C(/C)C=C)C(C)C. The van der Waals surface area contributed by atoms with Gasteiger partial charge in [-0.05, 0) is 24.5 Å². The minimum atomic E-state index is 0.427. The summed E-state index contributed by atoms with van der Waals surface area (Å²) in [6.45, 7) is 13.5. The largest absolute Gasteiger partial charge is 0.261 e. The Morgan fingerprint density at radius 3 is 2.17 bits per heavy atom. The molecule has 66 valence electrons. The van der Waals surface area contributed by atoms with Gasteiger partial charge in [0.25, 0.3) is 0 Å². The van der Waals surface area contributed by atoms with Crippen LogP contribution >= 0.6 is 0 Å². The molecule has 0 fully saturated rings. The van der Waals surface area contributed by atoms with Crippen molar-refractivity contribution in [2.24, 2.45) is 10.9 Å². The monoisotopic (exact) mass is 163 g/mol. The van der Waals surface area contributed by atoms with Crippen LogP contribution in [0.15, 0.2) is 42.1 Å². The van der Waals surface area contributed by atoms with Gasteiger partial charge in [0.15, 0.2) is 0 Å². The van der Waals surface area contributed by atoms with Crippen LogP contribution < -0.4 is 0 Å². The van der Waals surface area contributed by atoms with Gasteiger partial charge in [0.05, 0.1) is 0 Å². The number of rotatable bonds is 4. The summed E-state index contributed by atoms with van der Waals surface area (Å²) in [5.74, 6) is 0.427. The lowest BCUT2D eigenvalue weighted by Gasteiger charge is -2.01. The van der Waals surface area contributed by atoms with Gasteiger partial charge in [-0.15, -0.1) is 0 Å². The fourth-order valence-electron chi connectivity index (χ4n) is 0.667. The van der Waals surface area contributed by atoms with Crippen molar-refractivity contribution in [1.29, 1.82) is 0 Å². The molecule has 0 aliphatic carbocycles. The van der Waals surface area contributed by atoms with Crippen LogP contribution in [0.25, 0.3) is 0 Å². The third kappa shape index (κ3) is 3.91. The van der Waals surface area contributed by atoms with E-state index in [-0.39, 0.29) is 0 Å². The first kappa shape index (κ1) is 10.9. The van der Waals surface area contributed by atoms with Gasteiger partial charge in [-0.2, -0.15) is 0 Å². The highest BCUT2D eigenvalue weighted by Crippen LogP contribution is 2.01. The maximum Gasteiger partial charge on any atom is 0.0423 e. The number of allylic oxidation sites excluding steroid dienone is 3. The average molecular weight is 163 g/mol. The van der Waals surface area contributed by atoms with Gasteiger partial charge in [0.1, 0.15) is 0 Å². The van der Waals surface area contributed by atoms with E-state index in [1.54, 1.807) is 12.2 Å². The first-order valence-corrected chi connectivity index (χ1v) is 4.11. The third-order valence-electron chi connectivity index (χ3n) is 1.54.